The van der Waals surface area contributed by atoms with Crippen molar-refractivity contribution in [3.05, 3.63) is 83.3 Å². The fourth-order valence-corrected chi connectivity index (χ4v) is 2.55. The van der Waals surface area contributed by atoms with Gasteiger partial charge >= 0.3 is 0 Å². The van der Waals surface area contributed by atoms with Crippen LogP contribution in [0.5, 0.6) is 0 Å². The molecule has 26 heavy (non-hydrogen) atoms. The number of amides is 1. The fourth-order valence-electron chi connectivity index (χ4n) is 2.55. The average Bonchev–Trinajstić information content (AvgIpc) is 2.60. The van der Waals surface area contributed by atoms with E-state index in [4.69, 9.17) is 0 Å². The van der Waals surface area contributed by atoms with Crippen LogP contribution in [-0.4, -0.2) is 10.9 Å². The Morgan fingerprint density at radius 3 is 2.50 bits per heavy atom. The lowest BCUT2D eigenvalue weighted by Crippen LogP contribution is -2.14. The first-order chi connectivity index (χ1) is 12.5. The molecular formula is C21H20FN3O. The lowest BCUT2D eigenvalue weighted by molar-refractivity contribution is -0.115. The largest absolute Gasteiger partial charge is 0.340 e. The number of benzene rings is 2. The quantitative estimate of drug-likeness (QED) is 0.698. The number of carbonyl (C=O) groups excluding carboxylic acids is 1. The van der Waals surface area contributed by atoms with Crippen LogP contribution >= 0.6 is 0 Å². The molecule has 0 aliphatic carbocycles. The molecule has 0 bridgehead atoms. The minimum atomic E-state index is -0.348. The zero-order valence-corrected chi connectivity index (χ0v) is 14.7. The number of anilines is 3. The van der Waals surface area contributed by atoms with Gasteiger partial charge in [-0.15, -0.1) is 0 Å². The van der Waals surface area contributed by atoms with Crippen LogP contribution in [0.4, 0.5) is 21.6 Å². The number of carbonyl (C=O) groups is 1. The molecule has 0 aliphatic heterocycles. The summed E-state index contributed by atoms with van der Waals surface area (Å²) in [6.45, 7) is 4.13. The van der Waals surface area contributed by atoms with Crippen LogP contribution in [0.25, 0.3) is 0 Å². The number of rotatable bonds is 5. The van der Waals surface area contributed by atoms with Crippen molar-refractivity contribution >= 4 is 23.1 Å². The van der Waals surface area contributed by atoms with Gasteiger partial charge in [0.1, 0.15) is 11.6 Å². The molecule has 0 saturated heterocycles. The topological polar surface area (TPSA) is 54.0 Å². The molecule has 1 amide bonds. The van der Waals surface area contributed by atoms with Gasteiger partial charge in [-0.1, -0.05) is 18.2 Å². The molecule has 0 radical (unpaired) electrons. The zero-order chi connectivity index (χ0) is 18.5. The van der Waals surface area contributed by atoms with E-state index in [-0.39, 0.29) is 18.1 Å². The van der Waals surface area contributed by atoms with Crippen molar-refractivity contribution in [3.8, 4) is 0 Å². The van der Waals surface area contributed by atoms with E-state index in [2.05, 4.69) is 41.6 Å². The summed E-state index contributed by atoms with van der Waals surface area (Å²) in [4.78, 5) is 16.4. The first kappa shape index (κ1) is 17.6. The van der Waals surface area contributed by atoms with Crippen molar-refractivity contribution in [3.63, 3.8) is 0 Å². The number of hydrogen-bond donors (Lipinski definition) is 2. The van der Waals surface area contributed by atoms with Crippen LogP contribution in [0, 0.1) is 19.7 Å². The summed E-state index contributed by atoms with van der Waals surface area (Å²) in [5, 5.41) is 6.00. The van der Waals surface area contributed by atoms with E-state index in [1.165, 1.54) is 23.3 Å². The third-order valence-electron chi connectivity index (χ3n) is 4.08. The predicted molar refractivity (Wildman–Crippen MR) is 102 cm³/mol. The van der Waals surface area contributed by atoms with Gasteiger partial charge in [-0.2, -0.15) is 0 Å². The van der Waals surface area contributed by atoms with Gasteiger partial charge in [-0.3, -0.25) is 4.79 Å². The average molecular weight is 349 g/mol. The maximum Gasteiger partial charge on any atom is 0.228 e. The maximum absolute atomic E-state index is 13.2. The highest BCUT2D eigenvalue weighted by Crippen LogP contribution is 2.19. The summed E-state index contributed by atoms with van der Waals surface area (Å²) in [6.07, 6.45) is 1.70. The third kappa shape index (κ3) is 4.66. The van der Waals surface area contributed by atoms with Crippen molar-refractivity contribution in [2.24, 2.45) is 0 Å². The van der Waals surface area contributed by atoms with Gasteiger partial charge in [0, 0.05) is 5.69 Å². The fraction of sp³-hybridized carbons (Fsp3) is 0.143. The number of aromatic nitrogens is 1. The van der Waals surface area contributed by atoms with E-state index in [1.807, 2.05) is 6.07 Å². The van der Waals surface area contributed by atoms with Crippen LogP contribution in [-0.2, 0) is 11.2 Å². The second-order valence-electron chi connectivity index (χ2n) is 6.21. The molecule has 0 aliphatic rings. The third-order valence-corrected chi connectivity index (χ3v) is 4.08. The summed E-state index contributed by atoms with van der Waals surface area (Å²) in [6, 6.07) is 15.7. The maximum atomic E-state index is 13.2. The normalized spacial score (nSPS) is 10.4. The summed E-state index contributed by atoms with van der Waals surface area (Å²) < 4.78 is 13.2. The highest BCUT2D eigenvalue weighted by molar-refractivity contribution is 5.92. The van der Waals surface area contributed by atoms with Crippen molar-refractivity contribution < 1.29 is 9.18 Å². The van der Waals surface area contributed by atoms with Crippen molar-refractivity contribution in [2.75, 3.05) is 10.6 Å². The zero-order valence-electron chi connectivity index (χ0n) is 14.7. The molecule has 2 N–H and O–H groups in total. The molecular weight excluding hydrogens is 329 g/mol. The molecule has 0 atom stereocenters. The molecule has 0 saturated carbocycles. The van der Waals surface area contributed by atoms with Crippen LogP contribution in [0.1, 0.15) is 16.7 Å². The summed E-state index contributed by atoms with van der Waals surface area (Å²) in [5.41, 5.74) is 4.63. The lowest BCUT2D eigenvalue weighted by Gasteiger charge is -2.09. The minimum absolute atomic E-state index is 0.112. The highest BCUT2D eigenvalue weighted by atomic mass is 19.1. The summed E-state index contributed by atoms with van der Waals surface area (Å²) >= 11 is 0. The molecule has 5 heteroatoms. The Morgan fingerprint density at radius 1 is 1.00 bits per heavy atom. The van der Waals surface area contributed by atoms with Crippen molar-refractivity contribution in [2.45, 2.75) is 20.3 Å². The molecule has 132 valence electrons. The van der Waals surface area contributed by atoms with Crippen LogP contribution < -0.4 is 10.6 Å². The van der Waals surface area contributed by atoms with Gasteiger partial charge < -0.3 is 10.6 Å². The van der Waals surface area contributed by atoms with E-state index in [1.54, 1.807) is 30.5 Å². The van der Waals surface area contributed by atoms with Crippen LogP contribution in [0.2, 0.25) is 0 Å². The van der Waals surface area contributed by atoms with Crippen LogP contribution in [0.3, 0.4) is 0 Å². The van der Waals surface area contributed by atoms with E-state index >= 15 is 0 Å². The number of aryl methyl sites for hydroxylation is 2. The lowest BCUT2D eigenvalue weighted by atomic mass is 10.1. The van der Waals surface area contributed by atoms with E-state index < -0.39 is 0 Å². The van der Waals surface area contributed by atoms with Crippen molar-refractivity contribution in [1.82, 2.24) is 4.98 Å². The standard InChI is InChI=1S/C21H20FN3O/c1-14-6-7-18(10-15(14)2)24-20-9-8-19(13-23-20)25-21(26)12-16-4-3-5-17(22)11-16/h3-11,13H,12H2,1-2H3,(H,23,24)(H,25,26). The predicted octanol–water partition coefficient (Wildman–Crippen LogP) is 4.76. The van der Waals surface area contributed by atoms with E-state index in [9.17, 15) is 9.18 Å². The molecule has 0 spiro atoms. The van der Waals surface area contributed by atoms with E-state index in [0.29, 0.717) is 17.1 Å². The van der Waals surface area contributed by atoms with Gasteiger partial charge in [0.05, 0.1) is 18.3 Å². The van der Waals surface area contributed by atoms with Gasteiger partial charge in [0.2, 0.25) is 5.91 Å². The van der Waals surface area contributed by atoms with Crippen molar-refractivity contribution in [1.29, 1.82) is 0 Å². The summed E-state index contributed by atoms with van der Waals surface area (Å²) in [7, 11) is 0. The molecule has 4 nitrogen and oxygen atoms in total. The number of hydrogen-bond acceptors (Lipinski definition) is 3. The molecule has 1 aromatic heterocycles. The Morgan fingerprint density at radius 2 is 1.81 bits per heavy atom. The van der Waals surface area contributed by atoms with Gasteiger partial charge in [-0.25, -0.2) is 9.37 Å². The number of halogens is 1. The second kappa shape index (κ2) is 7.78. The van der Waals surface area contributed by atoms with Gasteiger partial charge in [0.15, 0.2) is 0 Å². The number of nitrogens with one attached hydrogen (secondary N) is 2. The highest BCUT2D eigenvalue weighted by Gasteiger charge is 2.06. The molecule has 2 aromatic carbocycles. The first-order valence-corrected chi connectivity index (χ1v) is 8.34. The molecule has 1 heterocycles. The Kier molecular flexibility index (Phi) is 5.27. The molecule has 3 rings (SSSR count). The monoisotopic (exact) mass is 349 g/mol. The van der Waals surface area contributed by atoms with Gasteiger partial charge in [-0.05, 0) is 66.9 Å². The Balaban J connectivity index is 1.60. The van der Waals surface area contributed by atoms with Gasteiger partial charge in [0.25, 0.3) is 0 Å². The summed E-state index contributed by atoms with van der Waals surface area (Å²) in [5.74, 6) is 0.127. The molecule has 0 unspecified atom stereocenters. The van der Waals surface area contributed by atoms with Crippen LogP contribution in [0.15, 0.2) is 60.8 Å². The molecule has 0 fully saturated rings. The second-order valence-corrected chi connectivity index (χ2v) is 6.21. The minimum Gasteiger partial charge on any atom is -0.340 e. The first-order valence-electron chi connectivity index (χ1n) is 8.34. The SMILES string of the molecule is Cc1ccc(Nc2ccc(NC(=O)Cc3cccc(F)c3)cn2)cc1C. The smallest absolute Gasteiger partial charge is 0.228 e. The Bertz CT molecular complexity index is 923. The Labute approximate surface area is 152 Å². The van der Waals surface area contributed by atoms with E-state index in [0.717, 1.165) is 5.69 Å². The Hall–Kier alpha value is -3.21. The number of pyridine rings is 1. The molecule has 3 aromatic rings. The number of nitrogens with zero attached hydrogens (tertiary/aromatic N) is 1.